The first kappa shape index (κ1) is 5.47. The molecule has 1 N–H and O–H groups in total. The van der Waals surface area contributed by atoms with Gasteiger partial charge in [0, 0.05) is 0 Å². The molecule has 0 aromatic heterocycles. The van der Waals surface area contributed by atoms with Gasteiger partial charge in [0.1, 0.15) is 12.7 Å². The number of hydrogen-bond acceptors (Lipinski definition) is 2. The highest BCUT2D eigenvalue weighted by atomic mass is 16.5. The average Bonchev–Trinajstić information content (AvgIpc) is 1.64. The van der Waals surface area contributed by atoms with Gasteiger partial charge >= 0.3 is 0 Å². The largest absolute Gasteiger partial charge is 0.629 e. The lowest BCUT2D eigenvalue weighted by molar-refractivity contribution is -0.781. The Morgan fingerprint density at radius 2 is 2.62 bits per heavy atom. The molecule has 1 unspecified atom stereocenters. The summed E-state index contributed by atoms with van der Waals surface area (Å²) >= 11 is 0. The molecule has 0 amide bonds. The summed E-state index contributed by atoms with van der Waals surface area (Å²) in [6, 6.07) is 0. The lowest BCUT2D eigenvalue weighted by atomic mass is 10.4. The molecule has 0 spiro atoms. The zero-order valence-electron chi connectivity index (χ0n) is 4.72. The quantitative estimate of drug-likeness (QED) is 0.414. The van der Waals surface area contributed by atoms with E-state index < -0.39 is 0 Å². The lowest BCUT2D eigenvalue weighted by Gasteiger charge is -2.18. The highest BCUT2D eigenvalue weighted by Gasteiger charge is 1.98. The maximum absolute atomic E-state index is 10.5. The van der Waals surface area contributed by atoms with E-state index in [-0.39, 0.29) is 5.06 Å². The Kier molecular flexibility index (Phi) is 1.41. The Hall–Kier alpha value is -0.670. The first-order valence-corrected chi connectivity index (χ1v) is 2.52. The van der Waals surface area contributed by atoms with Gasteiger partial charge in [-0.3, -0.25) is 4.99 Å². The van der Waals surface area contributed by atoms with Crippen molar-refractivity contribution in [1.29, 1.82) is 0 Å². The molecule has 3 nitrogen and oxygen atoms in total. The summed E-state index contributed by atoms with van der Waals surface area (Å²) in [6.45, 7) is 2.35. The molecule has 0 radical (unpaired) electrons. The van der Waals surface area contributed by atoms with E-state index in [9.17, 15) is 5.21 Å². The van der Waals surface area contributed by atoms with Crippen LogP contribution in [0.4, 0.5) is 0 Å². The Labute approximate surface area is 47.9 Å². The molecule has 0 bridgehead atoms. The van der Waals surface area contributed by atoms with E-state index in [1.54, 1.807) is 6.20 Å². The second kappa shape index (κ2) is 2.07. The highest BCUT2D eigenvalue weighted by Crippen LogP contribution is 1.78. The maximum Gasteiger partial charge on any atom is 0.120 e. The molecule has 1 aliphatic heterocycles. The van der Waals surface area contributed by atoms with Crippen LogP contribution < -0.4 is 5.06 Å². The van der Waals surface area contributed by atoms with E-state index in [0.29, 0.717) is 6.54 Å². The van der Waals surface area contributed by atoms with Crippen molar-refractivity contribution in [2.75, 3.05) is 6.54 Å². The van der Waals surface area contributed by atoms with Crippen molar-refractivity contribution < 1.29 is 5.06 Å². The summed E-state index contributed by atoms with van der Waals surface area (Å²) in [7, 11) is 0. The fourth-order valence-corrected chi connectivity index (χ4v) is 0.604. The minimum absolute atomic E-state index is 0.150. The number of nitrogens with zero attached hydrogens (tertiary/aromatic N) is 1. The topological polar surface area (TPSA) is 39.9 Å². The first-order valence-electron chi connectivity index (χ1n) is 2.52. The summed E-state index contributed by atoms with van der Waals surface area (Å²) in [5.41, 5.74) is 0.900. The molecular formula is C5H8N2O. The van der Waals surface area contributed by atoms with Crippen LogP contribution in [0.1, 0.15) is 6.92 Å². The van der Waals surface area contributed by atoms with Crippen LogP contribution in [0.25, 0.3) is 0 Å². The number of rotatable bonds is 0. The fourth-order valence-electron chi connectivity index (χ4n) is 0.604. The van der Waals surface area contributed by atoms with E-state index >= 15 is 0 Å². The van der Waals surface area contributed by atoms with Gasteiger partial charge in [-0.05, 0) is 6.92 Å². The Morgan fingerprint density at radius 1 is 1.88 bits per heavy atom. The molecule has 44 valence electrons. The van der Waals surface area contributed by atoms with Crippen molar-refractivity contribution >= 4 is 5.71 Å². The molecule has 0 aromatic rings. The lowest BCUT2D eigenvalue weighted by Crippen LogP contribution is -3.03. The molecule has 1 aliphatic rings. The first-order chi connectivity index (χ1) is 3.79. The molecule has 8 heavy (non-hydrogen) atoms. The molecule has 0 aliphatic carbocycles. The van der Waals surface area contributed by atoms with E-state index in [1.165, 1.54) is 6.20 Å². The monoisotopic (exact) mass is 112 g/mol. The summed E-state index contributed by atoms with van der Waals surface area (Å²) in [5.74, 6) is 0. The van der Waals surface area contributed by atoms with Crippen molar-refractivity contribution in [3.8, 4) is 0 Å². The molecule has 1 atom stereocenters. The zero-order chi connectivity index (χ0) is 5.98. The minimum Gasteiger partial charge on any atom is -0.629 e. The third-order valence-electron chi connectivity index (χ3n) is 0.985. The smallest absolute Gasteiger partial charge is 0.120 e. The van der Waals surface area contributed by atoms with Crippen LogP contribution in [0.5, 0.6) is 0 Å². The van der Waals surface area contributed by atoms with Crippen molar-refractivity contribution in [3.63, 3.8) is 0 Å². The van der Waals surface area contributed by atoms with Gasteiger partial charge in [-0.15, -0.1) is 0 Å². The second-order valence-corrected chi connectivity index (χ2v) is 1.82. The number of nitrogens with one attached hydrogen (secondary N) is 1. The average molecular weight is 112 g/mol. The second-order valence-electron chi connectivity index (χ2n) is 1.82. The van der Waals surface area contributed by atoms with E-state index in [1.807, 2.05) is 6.92 Å². The van der Waals surface area contributed by atoms with Crippen molar-refractivity contribution in [3.05, 3.63) is 17.6 Å². The van der Waals surface area contributed by atoms with Gasteiger partial charge in [-0.1, -0.05) is 0 Å². The van der Waals surface area contributed by atoms with Crippen LogP contribution in [0.2, 0.25) is 0 Å². The van der Waals surface area contributed by atoms with E-state index in [2.05, 4.69) is 4.99 Å². The highest BCUT2D eigenvalue weighted by molar-refractivity contribution is 5.83. The van der Waals surface area contributed by atoms with Crippen LogP contribution in [0, 0.1) is 5.21 Å². The van der Waals surface area contributed by atoms with Crippen LogP contribution >= 0.6 is 0 Å². The van der Waals surface area contributed by atoms with Gasteiger partial charge < -0.3 is 10.3 Å². The third kappa shape index (κ3) is 1.15. The number of aliphatic imine (C=N–C) groups is 1. The number of hydroxylamine groups is 2. The van der Waals surface area contributed by atoms with Gasteiger partial charge in [0.25, 0.3) is 0 Å². The summed E-state index contributed by atoms with van der Waals surface area (Å²) < 4.78 is 0. The van der Waals surface area contributed by atoms with Crippen LogP contribution in [0.3, 0.4) is 0 Å². The minimum atomic E-state index is 0.150. The standard InChI is InChI=1S/C5H8N2O/c1-5-4-7(8)3-2-6-5/h2-3,7H,4H2,1H3. The summed E-state index contributed by atoms with van der Waals surface area (Å²) in [5, 5.41) is 10.7. The number of quaternary nitrogens is 1. The van der Waals surface area contributed by atoms with Gasteiger partial charge in [-0.25, -0.2) is 0 Å². The van der Waals surface area contributed by atoms with Crippen molar-refractivity contribution in [2.24, 2.45) is 4.99 Å². The van der Waals surface area contributed by atoms with E-state index in [4.69, 9.17) is 0 Å². The number of hydrogen-bond donors (Lipinski definition) is 1. The summed E-state index contributed by atoms with van der Waals surface area (Å²) in [4.78, 5) is 3.90. The fraction of sp³-hybridized carbons (Fsp3) is 0.400. The molecule has 0 fully saturated rings. The Balaban J connectivity index is 2.59. The molecule has 0 saturated heterocycles. The normalized spacial score (nSPS) is 27.8. The van der Waals surface area contributed by atoms with Crippen molar-refractivity contribution in [1.82, 2.24) is 0 Å². The maximum atomic E-state index is 10.5. The van der Waals surface area contributed by atoms with Gasteiger partial charge in [0.05, 0.1) is 11.9 Å². The molecular weight excluding hydrogens is 104 g/mol. The van der Waals surface area contributed by atoms with Crippen LogP contribution in [0.15, 0.2) is 17.4 Å². The third-order valence-corrected chi connectivity index (χ3v) is 0.985. The zero-order valence-corrected chi connectivity index (χ0v) is 4.72. The SMILES string of the molecule is CC1=NC=C[NH+]([O-])C1. The van der Waals surface area contributed by atoms with Crippen molar-refractivity contribution in [2.45, 2.75) is 6.92 Å². The van der Waals surface area contributed by atoms with Gasteiger partial charge in [0.2, 0.25) is 0 Å². The molecule has 3 heteroatoms. The molecule has 1 rings (SSSR count). The van der Waals surface area contributed by atoms with Gasteiger partial charge in [-0.2, -0.15) is 0 Å². The van der Waals surface area contributed by atoms with E-state index in [0.717, 1.165) is 5.71 Å². The Bertz CT molecular complexity index is 139. The van der Waals surface area contributed by atoms with Gasteiger partial charge in [0.15, 0.2) is 0 Å². The predicted molar refractivity (Wildman–Crippen MR) is 31.4 cm³/mol. The summed E-state index contributed by atoms with van der Waals surface area (Å²) in [6.07, 6.45) is 3.04. The predicted octanol–water partition coefficient (Wildman–Crippen LogP) is -0.685. The molecule has 1 heterocycles. The molecule has 0 saturated carbocycles. The van der Waals surface area contributed by atoms with Crippen LogP contribution in [-0.2, 0) is 0 Å². The molecule has 0 aromatic carbocycles. The Morgan fingerprint density at radius 3 is 3.00 bits per heavy atom. The van der Waals surface area contributed by atoms with Crippen LogP contribution in [-0.4, -0.2) is 12.3 Å².